The van der Waals surface area contributed by atoms with Gasteiger partial charge in [0.2, 0.25) is 15.9 Å². The molecule has 1 aliphatic rings. The van der Waals surface area contributed by atoms with Gasteiger partial charge < -0.3 is 5.32 Å². The Morgan fingerprint density at radius 1 is 1.15 bits per heavy atom. The van der Waals surface area contributed by atoms with E-state index in [1.165, 1.54) is 0 Å². The smallest absolute Gasteiger partial charge is 0.241 e. The van der Waals surface area contributed by atoms with Gasteiger partial charge in [-0.15, -0.1) is 0 Å². The minimum Gasteiger partial charge on any atom is -0.355 e. The Labute approximate surface area is 115 Å². The Kier molecular flexibility index (Phi) is 4.34. The maximum absolute atomic E-state index is 13.1. The predicted molar refractivity (Wildman–Crippen MR) is 67.3 cm³/mol. The van der Waals surface area contributed by atoms with E-state index in [1.807, 2.05) is 0 Å². The topological polar surface area (TPSA) is 75.3 Å². The first kappa shape index (κ1) is 14.9. The molecule has 1 aromatic rings. The number of sulfonamides is 1. The molecule has 20 heavy (non-hydrogen) atoms. The number of nitrogens with one attached hydrogen (secondary N) is 2. The minimum atomic E-state index is -4.14. The van der Waals surface area contributed by atoms with Gasteiger partial charge in [0.15, 0.2) is 0 Å². The van der Waals surface area contributed by atoms with Gasteiger partial charge in [-0.05, 0) is 31.4 Å². The average molecular weight is 304 g/mol. The van der Waals surface area contributed by atoms with Crippen LogP contribution in [0.15, 0.2) is 23.1 Å². The summed E-state index contributed by atoms with van der Waals surface area (Å²) in [6.45, 7) is 0.492. The fraction of sp³-hybridized carbons (Fsp3) is 0.417. The molecule has 0 radical (unpaired) electrons. The lowest BCUT2D eigenvalue weighted by atomic mass is 10.1. The molecule has 1 atom stereocenters. The molecule has 0 aromatic heterocycles. The highest BCUT2D eigenvalue weighted by molar-refractivity contribution is 7.89. The highest BCUT2D eigenvalue weighted by atomic mass is 32.2. The van der Waals surface area contributed by atoms with E-state index < -0.39 is 38.5 Å². The molecule has 1 fully saturated rings. The fourth-order valence-corrected chi connectivity index (χ4v) is 3.26. The monoisotopic (exact) mass is 304 g/mol. The molecule has 2 rings (SSSR count). The maximum atomic E-state index is 13.1. The van der Waals surface area contributed by atoms with Crippen molar-refractivity contribution < 1.29 is 22.0 Å². The SMILES string of the molecule is O=C1NCCCC[C@H]1NS(=O)(=O)c1cc(F)cc(F)c1. The zero-order valence-corrected chi connectivity index (χ0v) is 11.3. The molecule has 1 aromatic carbocycles. The second-order valence-electron chi connectivity index (χ2n) is 4.57. The van der Waals surface area contributed by atoms with Crippen LogP contribution >= 0.6 is 0 Å². The number of carbonyl (C=O) groups excluding carboxylic acids is 1. The van der Waals surface area contributed by atoms with Gasteiger partial charge in [-0.3, -0.25) is 4.79 Å². The van der Waals surface area contributed by atoms with Crippen molar-refractivity contribution in [2.24, 2.45) is 0 Å². The maximum Gasteiger partial charge on any atom is 0.241 e. The van der Waals surface area contributed by atoms with Gasteiger partial charge in [-0.2, -0.15) is 4.72 Å². The lowest BCUT2D eigenvalue weighted by Crippen LogP contribution is -2.45. The second-order valence-corrected chi connectivity index (χ2v) is 6.28. The van der Waals surface area contributed by atoms with Crippen molar-refractivity contribution >= 4 is 15.9 Å². The fourth-order valence-electron chi connectivity index (χ4n) is 1.99. The first-order chi connectivity index (χ1) is 9.38. The van der Waals surface area contributed by atoms with Crippen LogP contribution in [0.1, 0.15) is 19.3 Å². The van der Waals surface area contributed by atoms with Crippen LogP contribution in [0.25, 0.3) is 0 Å². The number of hydrogen-bond acceptors (Lipinski definition) is 3. The molecule has 0 bridgehead atoms. The largest absolute Gasteiger partial charge is 0.355 e. The van der Waals surface area contributed by atoms with Crippen LogP contribution in [0.3, 0.4) is 0 Å². The van der Waals surface area contributed by atoms with E-state index in [4.69, 9.17) is 0 Å². The Hall–Kier alpha value is -1.54. The van der Waals surface area contributed by atoms with Crippen LogP contribution in [-0.2, 0) is 14.8 Å². The van der Waals surface area contributed by atoms with E-state index >= 15 is 0 Å². The van der Waals surface area contributed by atoms with Crippen LogP contribution in [0.5, 0.6) is 0 Å². The highest BCUT2D eigenvalue weighted by Gasteiger charge is 2.27. The number of rotatable bonds is 3. The molecule has 0 unspecified atom stereocenters. The molecular formula is C12H14F2N2O3S. The van der Waals surface area contributed by atoms with Crippen molar-refractivity contribution in [3.05, 3.63) is 29.8 Å². The standard InChI is InChI=1S/C12H14F2N2O3S/c13-8-5-9(14)7-10(6-8)20(18,19)16-11-3-1-2-4-15-12(11)17/h5-7,11,16H,1-4H2,(H,15,17)/t11-/m1/s1. The molecule has 2 N–H and O–H groups in total. The zero-order valence-electron chi connectivity index (χ0n) is 10.5. The summed E-state index contributed by atoms with van der Waals surface area (Å²) < 4.78 is 52.4. The van der Waals surface area contributed by atoms with Crippen molar-refractivity contribution in [2.45, 2.75) is 30.2 Å². The Bertz CT molecular complexity index is 599. The molecule has 8 heteroatoms. The summed E-state index contributed by atoms with van der Waals surface area (Å²) in [4.78, 5) is 11.1. The first-order valence-corrected chi connectivity index (χ1v) is 7.63. The first-order valence-electron chi connectivity index (χ1n) is 6.14. The normalized spacial score (nSPS) is 20.3. The number of benzene rings is 1. The third kappa shape index (κ3) is 3.51. The molecule has 0 aliphatic carbocycles. The Balaban J connectivity index is 2.23. The van der Waals surface area contributed by atoms with Crippen LogP contribution in [0.4, 0.5) is 8.78 Å². The molecule has 110 valence electrons. The van der Waals surface area contributed by atoms with Crippen molar-refractivity contribution in [1.29, 1.82) is 0 Å². The van der Waals surface area contributed by atoms with E-state index in [9.17, 15) is 22.0 Å². The van der Waals surface area contributed by atoms with Gasteiger partial charge in [0.25, 0.3) is 0 Å². The van der Waals surface area contributed by atoms with Crippen molar-refractivity contribution in [3.63, 3.8) is 0 Å². The molecule has 5 nitrogen and oxygen atoms in total. The molecular weight excluding hydrogens is 290 g/mol. The molecule has 1 saturated heterocycles. The van der Waals surface area contributed by atoms with Gasteiger partial charge in [0, 0.05) is 12.6 Å². The number of amides is 1. The van der Waals surface area contributed by atoms with Crippen LogP contribution in [0.2, 0.25) is 0 Å². The third-order valence-corrected chi connectivity index (χ3v) is 4.43. The van der Waals surface area contributed by atoms with Gasteiger partial charge >= 0.3 is 0 Å². The summed E-state index contributed by atoms with van der Waals surface area (Å²) in [5, 5.41) is 2.58. The van der Waals surface area contributed by atoms with E-state index in [2.05, 4.69) is 10.0 Å². The molecule has 1 amide bonds. The van der Waals surface area contributed by atoms with Crippen LogP contribution in [0, 0.1) is 11.6 Å². The number of halogens is 2. The highest BCUT2D eigenvalue weighted by Crippen LogP contribution is 2.15. The van der Waals surface area contributed by atoms with Crippen molar-refractivity contribution in [1.82, 2.24) is 10.0 Å². The molecule has 0 spiro atoms. The Morgan fingerprint density at radius 2 is 1.80 bits per heavy atom. The average Bonchev–Trinajstić information content (AvgIpc) is 2.53. The lowest BCUT2D eigenvalue weighted by Gasteiger charge is -2.15. The van der Waals surface area contributed by atoms with Gasteiger partial charge in [-0.1, -0.05) is 0 Å². The van der Waals surface area contributed by atoms with Crippen molar-refractivity contribution in [3.8, 4) is 0 Å². The van der Waals surface area contributed by atoms with Crippen molar-refractivity contribution in [2.75, 3.05) is 6.54 Å². The second kappa shape index (κ2) is 5.84. The number of hydrogen-bond donors (Lipinski definition) is 2. The third-order valence-electron chi connectivity index (χ3n) is 2.98. The quantitative estimate of drug-likeness (QED) is 0.871. The molecule has 0 saturated carbocycles. The predicted octanol–water partition coefficient (Wildman–Crippen LogP) is 0.912. The zero-order chi connectivity index (χ0) is 14.8. The summed E-state index contributed by atoms with van der Waals surface area (Å²) in [5.41, 5.74) is 0. The van der Waals surface area contributed by atoms with Crippen LogP contribution in [-0.4, -0.2) is 26.9 Å². The summed E-state index contributed by atoms with van der Waals surface area (Å²) >= 11 is 0. The van der Waals surface area contributed by atoms with E-state index in [1.54, 1.807) is 0 Å². The summed E-state index contributed by atoms with van der Waals surface area (Å²) in [6.07, 6.45) is 1.80. The van der Waals surface area contributed by atoms with E-state index in [0.29, 0.717) is 37.6 Å². The Morgan fingerprint density at radius 3 is 2.45 bits per heavy atom. The number of carbonyl (C=O) groups is 1. The molecule has 1 aliphatic heterocycles. The lowest BCUT2D eigenvalue weighted by molar-refractivity contribution is -0.122. The van der Waals surface area contributed by atoms with Gasteiger partial charge in [0.1, 0.15) is 17.7 Å². The summed E-state index contributed by atoms with van der Waals surface area (Å²) in [7, 11) is -4.14. The molecule has 1 heterocycles. The van der Waals surface area contributed by atoms with E-state index in [-0.39, 0.29) is 0 Å². The minimum absolute atomic E-state index is 0.350. The van der Waals surface area contributed by atoms with Gasteiger partial charge in [0.05, 0.1) is 4.90 Å². The van der Waals surface area contributed by atoms with Gasteiger partial charge in [-0.25, -0.2) is 17.2 Å². The summed E-state index contributed by atoms with van der Waals surface area (Å²) in [5.74, 6) is -2.41. The van der Waals surface area contributed by atoms with Crippen LogP contribution < -0.4 is 10.0 Å². The summed E-state index contributed by atoms with van der Waals surface area (Å²) in [6, 6.07) is 1.08. The van der Waals surface area contributed by atoms with E-state index in [0.717, 1.165) is 6.42 Å².